The standard InChI is InChI=1S/C24H27ClFNO3/c1-14-12-27(21(13-28)24(2,3)4)19-11-20(30-5)16(10-17(19)23(14)29)9-15-7-6-8-18(25)22(15)26/h6-8,10-12,21,28H,9,13H2,1-5H3/t21-/m1/s1. The maximum absolute atomic E-state index is 14.5. The lowest BCUT2D eigenvalue weighted by Crippen LogP contribution is -2.29. The number of hydrogen-bond acceptors (Lipinski definition) is 3. The summed E-state index contributed by atoms with van der Waals surface area (Å²) in [6.07, 6.45) is 2.02. The molecule has 0 saturated heterocycles. The minimum Gasteiger partial charge on any atom is -0.496 e. The van der Waals surface area contributed by atoms with Gasteiger partial charge in [-0.15, -0.1) is 0 Å². The van der Waals surface area contributed by atoms with Gasteiger partial charge in [-0.05, 0) is 35.6 Å². The van der Waals surface area contributed by atoms with E-state index < -0.39 is 5.82 Å². The van der Waals surface area contributed by atoms with Gasteiger partial charge >= 0.3 is 0 Å². The molecule has 0 fully saturated rings. The third-order valence-corrected chi connectivity index (χ3v) is 5.83. The van der Waals surface area contributed by atoms with Crippen molar-refractivity contribution >= 4 is 22.5 Å². The van der Waals surface area contributed by atoms with E-state index in [4.69, 9.17) is 16.3 Å². The number of fused-ring (bicyclic) bond motifs is 1. The van der Waals surface area contributed by atoms with Crippen LogP contribution in [-0.4, -0.2) is 23.4 Å². The van der Waals surface area contributed by atoms with Crippen LogP contribution in [0, 0.1) is 18.2 Å². The number of pyridine rings is 1. The molecule has 0 aliphatic rings. The summed E-state index contributed by atoms with van der Waals surface area (Å²) in [5.41, 5.74) is 2.04. The van der Waals surface area contributed by atoms with Gasteiger partial charge in [-0.3, -0.25) is 4.79 Å². The highest BCUT2D eigenvalue weighted by molar-refractivity contribution is 6.30. The minimum atomic E-state index is -0.476. The first-order chi connectivity index (χ1) is 14.1. The fourth-order valence-corrected chi connectivity index (χ4v) is 4.01. The highest BCUT2D eigenvalue weighted by Crippen LogP contribution is 2.35. The lowest BCUT2D eigenvalue weighted by atomic mass is 9.86. The summed E-state index contributed by atoms with van der Waals surface area (Å²) in [6, 6.07) is 8.18. The van der Waals surface area contributed by atoms with Crippen molar-refractivity contribution in [1.82, 2.24) is 4.57 Å². The Morgan fingerprint density at radius 1 is 1.23 bits per heavy atom. The number of halogens is 2. The summed E-state index contributed by atoms with van der Waals surface area (Å²) in [5, 5.41) is 10.6. The molecule has 3 aromatic rings. The molecule has 30 heavy (non-hydrogen) atoms. The molecule has 0 radical (unpaired) electrons. The zero-order chi connectivity index (χ0) is 22.2. The van der Waals surface area contributed by atoms with Gasteiger partial charge in [0, 0.05) is 29.6 Å². The second kappa shape index (κ2) is 8.40. The van der Waals surface area contributed by atoms with Crippen LogP contribution in [0.2, 0.25) is 5.02 Å². The van der Waals surface area contributed by atoms with Crippen molar-refractivity contribution in [2.24, 2.45) is 5.41 Å². The molecular weight excluding hydrogens is 405 g/mol. The molecule has 1 atom stereocenters. The number of aliphatic hydroxyl groups excluding tert-OH is 1. The smallest absolute Gasteiger partial charge is 0.192 e. The van der Waals surface area contributed by atoms with E-state index in [9.17, 15) is 14.3 Å². The van der Waals surface area contributed by atoms with Gasteiger partial charge in [0.1, 0.15) is 11.6 Å². The van der Waals surface area contributed by atoms with Crippen LogP contribution in [0.4, 0.5) is 4.39 Å². The van der Waals surface area contributed by atoms with Gasteiger partial charge in [0.05, 0.1) is 30.3 Å². The Morgan fingerprint density at radius 3 is 2.53 bits per heavy atom. The zero-order valence-electron chi connectivity index (χ0n) is 17.9. The molecular formula is C24H27ClFNO3. The first-order valence-corrected chi connectivity index (χ1v) is 10.2. The summed E-state index contributed by atoms with van der Waals surface area (Å²) < 4.78 is 22.0. The maximum atomic E-state index is 14.5. The second-order valence-corrected chi connectivity index (χ2v) is 9.09. The normalized spacial score (nSPS) is 12.9. The summed E-state index contributed by atoms with van der Waals surface area (Å²) >= 11 is 5.93. The van der Waals surface area contributed by atoms with Crippen molar-refractivity contribution in [3.05, 3.63) is 74.3 Å². The molecule has 0 amide bonds. The molecule has 3 rings (SSSR count). The van der Waals surface area contributed by atoms with Gasteiger partial charge in [-0.25, -0.2) is 4.39 Å². The number of aromatic nitrogens is 1. The van der Waals surface area contributed by atoms with Crippen LogP contribution in [0.5, 0.6) is 5.75 Å². The van der Waals surface area contributed by atoms with Crippen molar-refractivity contribution in [1.29, 1.82) is 0 Å². The number of hydrogen-bond donors (Lipinski definition) is 1. The first kappa shape index (κ1) is 22.3. The number of aliphatic hydroxyl groups is 1. The molecule has 0 spiro atoms. The number of nitrogens with zero attached hydrogens (tertiary/aromatic N) is 1. The number of benzene rings is 2. The van der Waals surface area contributed by atoms with E-state index in [2.05, 4.69) is 0 Å². The van der Waals surface area contributed by atoms with Gasteiger partial charge in [-0.2, -0.15) is 0 Å². The first-order valence-electron chi connectivity index (χ1n) is 9.84. The predicted octanol–water partition coefficient (Wildman–Crippen LogP) is 5.28. The van der Waals surface area contributed by atoms with Crippen molar-refractivity contribution in [2.75, 3.05) is 13.7 Å². The Bertz CT molecular complexity index is 1150. The highest BCUT2D eigenvalue weighted by Gasteiger charge is 2.27. The van der Waals surface area contributed by atoms with Crippen LogP contribution in [0.1, 0.15) is 43.5 Å². The van der Waals surface area contributed by atoms with Crippen LogP contribution in [0.15, 0.2) is 41.3 Å². The molecule has 0 saturated carbocycles. The van der Waals surface area contributed by atoms with Crippen LogP contribution in [-0.2, 0) is 6.42 Å². The third-order valence-electron chi connectivity index (χ3n) is 5.53. The average molecular weight is 432 g/mol. The molecule has 1 aromatic heterocycles. The summed E-state index contributed by atoms with van der Waals surface area (Å²) in [4.78, 5) is 13.0. The Morgan fingerprint density at radius 2 is 1.93 bits per heavy atom. The molecule has 0 aliphatic heterocycles. The van der Waals surface area contributed by atoms with Crippen LogP contribution < -0.4 is 10.2 Å². The summed E-state index contributed by atoms with van der Waals surface area (Å²) in [6.45, 7) is 7.82. The lowest BCUT2D eigenvalue weighted by molar-refractivity contribution is 0.140. The molecule has 0 unspecified atom stereocenters. The van der Waals surface area contributed by atoms with Gasteiger partial charge in [0.15, 0.2) is 5.43 Å². The lowest BCUT2D eigenvalue weighted by Gasteiger charge is -2.33. The molecule has 4 nitrogen and oxygen atoms in total. The number of methoxy groups -OCH3 is 1. The van der Waals surface area contributed by atoms with Crippen molar-refractivity contribution in [2.45, 2.75) is 40.2 Å². The fourth-order valence-electron chi connectivity index (χ4n) is 3.81. The minimum absolute atomic E-state index is 0.0569. The molecule has 0 bridgehead atoms. The molecule has 0 aliphatic carbocycles. The largest absolute Gasteiger partial charge is 0.496 e. The van der Waals surface area contributed by atoms with E-state index in [-0.39, 0.29) is 34.9 Å². The zero-order valence-corrected chi connectivity index (χ0v) is 18.7. The number of rotatable bonds is 5. The Labute approximate surface area is 180 Å². The predicted molar refractivity (Wildman–Crippen MR) is 119 cm³/mol. The van der Waals surface area contributed by atoms with Gasteiger partial charge in [0.2, 0.25) is 0 Å². The van der Waals surface area contributed by atoms with Crippen LogP contribution in [0.3, 0.4) is 0 Å². The van der Waals surface area contributed by atoms with Crippen LogP contribution in [0.25, 0.3) is 10.9 Å². The molecule has 6 heteroatoms. The van der Waals surface area contributed by atoms with E-state index in [1.807, 2.05) is 25.3 Å². The second-order valence-electron chi connectivity index (χ2n) is 8.68. The third kappa shape index (κ3) is 4.09. The Hall–Kier alpha value is -2.37. The molecule has 2 aromatic carbocycles. The van der Waals surface area contributed by atoms with Crippen molar-refractivity contribution in [3.63, 3.8) is 0 Å². The maximum Gasteiger partial charge on any atom is 0.192 e. The number of ether oxygens (including phenoxy) is 1. The molecule has 1 heterocycles. The van der Waals surface area contributed by atoms with Gasteiger partial charge < -0.3 is 14.4 Å². The molecule has 1 N–H and O–H groups in total. The fraction of sp³-hybridized carbons (Fsp3) is 0.375. The van der Waals surface area contributed by atoms with Crippen molar-refractivity contribution in [3.8, 4) is 5.75 Å². The quantitative estimate of drug-likeness (QED) is 0.597. The monoisotopic (exact) mass is 431 g/mol. The number of aryl methyl sites for hydroxylation is 1. The van der Waals surface area contributed by atoms with Crippen LogP contribution >= 0.6 is 11.6 Å². The van der Waals surface area contributed by atoms with Crippen molar-refractivity contribution < 1.29 is 14.2 Å². The average Bonchev–Trinajstić information content (AvgIpc) is 2.68. The Balaban J connectivity index is 2.27. The van der Waals surface area contributed by atoms with Gasteiger partial charge in [-0.1, -0.05) is 44.5 Å². The Kier molecular flexibility index (Phi) is 6.25. The topological polar surface area (TPSA) is 51.5 Å². The highest BCUT2D eigenvalue weighted by atomic mass is 35.5. The SMILES string of the molecule is COc1cc2c(cc1Cc1cccc(Cl)c1F)c(=O)c(C)cn2[C@H](CO)C(C)(C)C. The van der Waals surface area contributed by atoms with Gasteiger partial charge in [0.25, 0.3) is 0 Å². The van der Waals surface area contributed by atoms with E-state index in [0.717, 1.165) is 0 Å². The summed E-state index contributed by atoms with van der Waals surface area (Å²) in [5.74, 6) is 0.0699. The van der Waals surface area contributed by atoms with E-state index >= 15 is 0 Å². The van der Waals surface area contributed by atoms with E-state index in [1.54, 1.807) is 44.5 Å². The molecule has 160 valence electrons. The van der Waals surface area contributed by atoms with E-state index in [1.165, 1.54) is 6.07 Å². The van der Waals surface area contributed by atoms with E-state index in [0.29, 0.717) is 33.3 Å². The summed E-state index contributed by atoms with van der Waals surface area (Å²) in [7, 11) is 1.54.